The van der Waals surface area contributed by atoms with E-state index >= 15 is 0 Å². The Hall–Kier alpha value is -2.49. The van der Waals surface area contributed by atoms with Crippen LogP contribution in [0.15, 0.2) is 36.4 Å². The van der Waals surface area contributed by atoms with Gasteiger partial charge in [-0.05, 0) is 74.1 Å². The maximum absolute atomic E-state index is 10.8. The zero-order valence-electron chi connectivity index (χ0n) is 16.4. The van der Waals surface area contributed by atoms with Crippen molar-refractivity contribution in [2.45, 2.75) is 53.4 Å². The topological polar surface area (TPSA) is 66.8 Å². The van der Waals surface area contributed by atoms with Crippen LogP contribution in [0.25, 0.3) is 0 Å². The van der Waals surface area contributed by atoms with E-state index in [9.17, 15) is 9.90 Å². The Bertz CT molecular complexity index is 720. The summed E-state index contributed by atoms with van der Waals surface area (Å²) in [4.78, 5) is 10.8. The molecule has 4 heteroatoms. The van der Waals surface area contributed by atoms with Crippen LogP contribution in [0, 0.1) is 6.92 Å². The molecule has 0 amide bonds. The molecular weight excluding hydrogens is 328 g/mol. The van der Waals surface area contributed by atoms with Gasteiger partial charge in [-0.25, -0.2) is 0 Å². The standard InChI is InChI=1S/C12H16O3.C10H14O/c1-3-15-12-8-10(5-4-9(2)13)6-7-11(12)14;1-7(2)10-5-4-9(11)6-8(10)3/h6-8,14H,3-5H2,1-2H3;4-7,11H,1-3H3. The molecule has 0 heterocycles. The van der Waals surface area contributed by atoms with Crippen molar-refractivity contribution in [3.63, 3.8) is 0 Å². The zero-order chi connectivity index (χ0) is 19.7. The van der Waals surface area contributed by atoms with Crippen LogP contribution in [0.4, 0.5) is 0 Å². The molecule has 0 bridgehead atoms. The second kappa shape index (κ2) is 10.5. The third-order valence-corrected chi connectivity index (χ3v) is 3.97. The van der Waals surface area contributed by atoms with Crippen molar-refractivity contribution in [2.24, 2.45) is 0 Å². The lowest BCUT2D eigenvalue weighted by molar-refractivity contribution is -0.116. The summed E-state index contributed by atoms with van der Waals surface area (Å²) in [6.45, 7) is 10.3. The van der Waals surface area contributed by atoms with Crippen LogP contribution in [-0.4, -0.2) is 22.6 Å². The highest BCUT2D eigenvalue weighted by Gasteiger charge is 2.04. The fourth-order valence-electron chi connectivity index (χ4n) is 2.61. The highest BCUT2D eigenvalue weighted by molar-refractivity contribution is 5.75. The van der Waals surface area contributed by atoms with Gasteiger partial charge >= 0.3 is 0 Å². The molecule has 0 radical (unpaired) electrons. The number of rotatable bonds is 6. The molecule has 0 aromatic heterocycles. The molecule has 26 heavy (non-hydrogen) atoms. The van der Waals surface area contributed by atoms with Gasteiger partial charge in [0.05, 0.1) is 6.61 Å². The predicted molar refractivity (Wildman–Crippen MR) is 105 cm³/mol. The molecule has 0 aliphatic carbocycles. The fourth-order valence-corrected chi connectivity index (χ4v) is 2.61. The van der Waals surface area contributed by atoms with Crippen LogP contribution in [0.1, 0.15) is 56.7 Å². The van der Waals surface area contributed by atoms with Crippen LogP contribution in [0.2, 0.25) is 0 Å². The quantitative estimate of drug-likeness (QED) is 0.750. The highest BCUT2D eigenvalue weighted by Crippen LogP contribution is 2.27. The maximum Gasteiger partial charge on any atom is 0.161 e. The summed E-state index contributed by atoms with van der Waals surface area (Å²) in [6.07, 6.45) is 1.21. The number of hydrogen-bond donors (Lipinski definition) is 2. The third kappa shape index (κ3) is 7.18. The van der Waals surface area contributed by atoms with Crippen molar-refractivity contribution in [2.75, 3.05) is 6.61 Å². The SMILES string of the molecule is CCOc1cc(CCC(C)=O)ccc1O.Cc1cc(O)ccc1C(C)C. The maximum atomic E-state index is 10.8. The first-order valence-corrected chi connectivity index (χ1v) is 8.98. The summed E-state index contributed by atoms with van der Waals surface area (Å²) in [6, 6.07) is 10.7. The molecule has 2 aromatic rings. The molecule has 0 atom stereocenters. The summed E-state index contributed by atoms with van der Waals surface area (Å²) >= 11 is 0. The van der Waals surface area contributed by atoms with Gasteiger partial charge in [-0.15, -0.1) is 0 Å². The number of hydrogen-bond acceptors (Lipinski definition) is 4. The Kier molecular flexibility index (Phi) is 8.70. The van der Waals surface area contributed by atoms with Gasteiger partial charge < -0.3 is 19.7 Å². The summed E-state index contributed by atoms with van der Waals surface area (Å²) < 4.78 is 5.25. The molecule has 0 saturated carbocycles. The lowest BCUT2D eigenvalue weighted by Gasteiger charge is -2.08. The molecule has 4 nitrogen and oxygen atoms in total. The molecular formula is C22H30O4. The van der Waals surface area contributed by atoms with Gasteiger partial charge in [0.25, 0.3) is 0 Å². The van der Waals surface area contributed by atoms with Gasteiger partial charge in [-0.3, -0.25) is 0 Å². The molecule has 142 valence electrons. The lowest BCUT2D eigenvalue weighted by Crippen LogP contribution is -1.96. The van der Waals surface area contributed by atoms with Crippen molar-refractivity contribution in [1.29, 1.82) is 0 Å². The summed E-state index contributed by atoms with van der Waals surface area (Å²) in [7, 11) is 0. The number of phenols is 2. The minimum Gasteiger partial charge on any atom is -0.508 e. The summed E-state index contributed by atoms with van der Waals surface area (Å²) in [5.74, 6) is 1.69. The first kappa shape index (κ1) is 21.6. The number of ether oxygens (including phenoxy) is 1. The van der Waals surface area contributed by atoms with E-state index in [2.05, 4.69) is 13.8 Å². The smallest absolute Gasteiger partial charge is 0.161 e. The Labute approximate surface area is 156 Å². The van der Waals surface area contributed by atoms with E-state index in [1.165, 1.54) is 11.1 Å². The van der Waals surface area contributed by atoms with Crippen LogP contribution in [-0.2, 0) is 11.2 Å². The molecule has 0 aliphatic rings. The van der Waals surface area contributed by atoms with E-state index in [1.807, 2.05) is 19.9 Å². The monoisotopic (exact) mass is 358 g/mol. The van der Waals surface area contributed by atoms with Gasteiger partial charge in [0.1, 0.15) is 11.5 Å². The van der Waals surface area contributed by atoms with Gasteiger partial charge in [0, 0.05) is 6.42 Å². The number of aromatic hydroxyl groups is 2. The average Bonchev–Trinajstić information content (AvgIpc) is 2.56. The number of ketones is 1. The van der Waals surface area contributed by atoms with Gasteiger partial charge in [0.15, 0.2) is 11.5 Å². The first-order valence-electron chi connectivity index (χ1n) is 8.98. The van der Waals surface area contributed by atoms with Crippen LogP contribution in [0.5, 0.6) is 17.2 Å². The fraction of sp³-hybridized carbons (Fsp3) is 0.409. The van der Waals surface area contributed by atoms with E-state index in [4.69, 9.17) is 9.84 Å². The minimum absolute atomic E-state index is 0.142. The van der Waals surface area contributed by atoms with Crippen molar-refractivity contribution in [1.82, 2.24) is 0 Å². The number of carbonyl (C=O) groups is 1. The third-order valence-electron chi connectivity index (χ3n) is 3.97. The van der Waals surface area contributed by atoms with E-state index in [-0.39, 0.29) is 11.5 Å². The van der Waals surface area contributed by atoms with E-state index in [0.717, 1.165) is 5.56 Å². The lowest BCUT2D eigenvalue weighted by atomic mass is 9.98. The minimum atomic E-state index is 0.142. The average molecular weight is 358 g/mol. The Balaban J connectivity index is 0.000000273. The Morgan fingerprint density at radius 1 is 1.12 bits per heavy atom. The van der Waals surface area contributed by atoms with E-state index in [0.29, 0.717) is 36.9 Å². The number of phenolic OH excluding ortho intramolecular Hbond substituents is 2. The van der Waals surface area contributed by atoms with Gasteiger partial charge in [-0.2, -0.15) is 0 Å². The summed E-state index contributed by atoms with van der Waals surface area (Å²) in [5.41, 5.74) is 3.48. The summed E-state index contributed by atoms with van der Waals surface area (Å²) in [5, 5.41) is 18.6. The molecule has 0 unspecified atom stereocenters. The zero-order valence-corrected chi connectivity index (χ0v) is 16.4. The molecule has 0 spiro atoms. The van der Waals surface area contributed by atoms with E-state index in [1.54, 1.807) is 37.3 Å². The predicted octanol–water partition coefficient (Wildman–Crippen LogP) is 5.14. The number of aryl methyl sites for hydroxylation is 2. The second-order valence-corrected chi connectivity index (χ2v) is 6.63. The number of Topliss-reactive ketones (excluding diaryl/α,β-unsaturated/α-hetero) is 1. The molecule has 2 aromatic carbocycles. The van der Waals surface area contributed by atoms with Crippen molar-refractivity contribution in [3.05, 3.63) is 53.1 Å². The first-order chi connectivity index (χ1) is 12.2. The molecule has 0 fully saturated rings. The molecule has 2 rings (SSSR count). The normalized spacial score (nSPS) is 10.2. The second-order valence-electron chi connectivity index (χ2n) is 6.63. The largest absolute Gasteiger partial charge is 0.508 e. The van der Waals surface area contributed by atoms with Crippen molar-refractivity contribution >= 4 is 5.78 Å². The Morgan fingerprint density at radius 3 is 2.35 bits per heavy atom. The van der Waals surface area contributed by atoms with E-state index < -0.39 is 0 Å². The number of benzene rings is 2. The van der Waals surface area contributed by atoms with Crippen molar-refractivity contribution < 1.29 is 19.7 Å². The van der Waals surface area contributed by atoms with Gasteiger partial charge in [-0.1, -0.05) is 26.0 Å². The number of carbonyl (C=O) groups excluding carboxylic acids is 1. The Morgan fingerprint density at radius 2 is 1.81 bits per heavy atom. The highest BCUT2D eigenvalue weighted by atomic mass is 16.5. The van der Waals surface area contributed by atoms with Crippen LogP contribution >= 0.6 is 0 Å². The van der Waals surface area contributed by atoms with Crippen LogP contribution < -0.4 is 4.74 Å². The van der Waals surface area contributed by atoms with Gasteiger partial charge in [0.2, 0.25) is 0 Å². The molecule has 0 aliphatic heterocycles. The van der Waals surface area contributed by atoms with Crippen molar-refractivity contribution in [3.8, 4) is 17.2 Å². The van der Waals surface area contributed by atoms with Crippen LogP contribution in [0.3, 0.4) is 0 Å². The molecule has 2 N–H and O–H groups in total. The molecule has 0 saturated heterocycles.